The number of hydrogen-bond donors (Lipinski definition) is 2. The molecule has 4 aromatic rings. The van der Waals surface area contributed by atoms with Crippen molar-refractivity contribution in [2.45, 2.75) is 0 Å². The van der Waals surface area contributed by atoms with Crippen LogP contribution in [0, 0.1) is 5.82 Å². The second-order valence-corrected chi connectivity index (χ2v) is 5.34. The Kier molecular flexibility index (Phi) is 3.50. The zero-order valence-corrected chi connectivity index (χ0v) is 13.2. The highest BCUT2D eigenvalue weighted by Gasteiger charge is 2.18. The first-order chi connectivity index (χ1) is 12.2. The third-order valence-electron chi connectivity index (χ3n) is 3.79. The molecule has 0 saturated carbocycles. The molecule has 0 unspecified atom stereocenters. The van der Waals surface area contributed by atoms with Crippen LogP contribution in [0.2, 0.25) is 0 Å². The van der Waals surface area contributed by atoms with Gasteiger partial charge in [0.2, 0.25) is 5.56 Å². The van der Waals surface area contributed by atoms with Gasteiger partial charge in [-0.05, 0) is 18.2 Å². The van der Waals surface area contributed by atoms with Crippen molar-refractivity contribution in [2.24, 2.45) is 0 Å². The lowest BCUT2D eigenvalue weighted by Gasteiger charge is -2.08. The predicted octanol–water partition coefficient (Wildman–Crippen LogP) is 2.35. The molecule has 4 rings (SSSR count). The van der Waals surface area contributed by atoms with E-state index >= 15 is 0 Å². The predicted molar refractivity (Wildman–Crippen MR) is 92.2 cm³/mol. The van der Waals surface area contributed by atoms with E-state index in [1.807, 2.05) is 0 Å². The summed E-state index contributed by atoms with van der Waals surface area (Å²) in [6, 6.07) is 9.22. The van der Waals surface area contributed by atoms with Crippen LogP contribution in [0.3, 0.4) is 0 Å². The molecule has 0 radical (unpaired) electrons. The van der Waals surface area contributed by atoms with Gasteiger partial charge in [-0.3, -0.25) is 9.36 Å². The van der Waals surface area contributed by atoms with Gasteiger partial charge in [-0.25, -0.2) is 19.3 Å². The van der Waals surface area contributed by atoms with Crippen molar-refractivity contribution in [3.05, 3.63) is 65.1 Å². The van der Waals surface area contributed by atoms with Crippen molar-refractivity contribution in [3.8, 4) is 17.1 Å². The van der Waals surface area contributed by atoms with Gasteiger partial charge in [0.15, 0.2) is 17.0 Å². The zero-order chi connectivity index (χ0) is 17.4. The van der Waals surface area contributed by atoms with Crippen LogP contribution in [0.15, 0.2) is 53.7 Å². The third kappa shape index (κ3) is 2.53. The van der Waals surface area contributed by atoms with Crippen LogP contribution < -0.4 is 10.9 Å². The van der Waals surface area contributed by atoms with E-state index < -0.39 is 0 Å². The number of rotatable bonds is 3. The summed E-state index contributed by atoms with van der Waals surface area (Å²) >= 11 is 0. The number of nitrogens with zero attached hydrogens (tertiary/aromatic N) is 4. The van der Waals surface area contributed by atoms with Crippen LogP contribution in [0.1, 0.15) is 0 Å². The summed E-state index contributed by atoms with van der Waals surface area (Å²) in [6.07, 6.45) is 2.99. The molecule has 0 aliphatic carbocycles. The first-order valence-corrected chi connectivity index (χ1v) is 7.53. The molecule has 8 heteroatoms. The third-order valence-corrected chi connectivity index (χ3v) is 3.79. The second kappa shape index (κ2) is 5.82. The molecule has 0 bridgehead atoms. The van der Waals surface area contributed by atoms with Gasteiger partial charge in [0.05, 0.1) is 5.69 Å². The van der Waals surface area contributed by atoms with E-state index in [9.17, 15) is 9.18 Å². The number of hydrogen-bond acceptors (Lipinski definition) is 5. The molecule has 0 fully saturated rings. The Balaban J connectivity index is 2.08. The molecule has 124 valence electrons. The number of pyridine rings is 1. The summed E-state index contributed by atoms with van der Waals surface area (Å²) < 4.78 is 15.5. The fourth-order valence-corrected chi connectivity index (χ4v) is 2.68. The molecule has 0 spiro atoms. The first-order valence-electron chi connectivity index (χ1n) is 7.53. The van der Waals surface area contributed by atoms with Gasteiger partial charge >= 0.3 is 0 Å². The maximum absolute atomic E-state index is 13.7. The van der Waals surface area contributed by atoms with E-state index in [-0.39, 0.29) is 11.4 Å². The van der Waals surface area contributed by atoms with Crippen LogP contribution in [0.25, 0.3) is 28.2 Å². The van der Waals surface area contributed by atoms with Gasteiger partial charge in [0.25, 0.3) is 0 Å². The van der Waals surface area contributed by atoms with Gasteiger partial charge < -0.3 is 10.3 Å². The summed E-state index contributed by atoms with van der Waals surface area (Å²) in [4.78, 5) is 27.1. The molecule has 0 aliphatic rings. The molecular formula is C17H13FN6O. The minimum Gasteiger partial charge on any atom is -0.371 e. The monoisotopic (exact) mass is 336 g/mol. The van der Waals surface area contributed by atoms with Crippen LogP contribution in [0.5, 0.6) is 0 Å². The molecule has 25 heavy (non-hydrogen) atoms. The van der Waals surface area contributed by atoms with Crippen molar-refractivity contribution >= 4 is 17.0 Å². The lowest BCUT2D eigenvalue weighted by molar-refractivity contribution is 0.628. The van der Waals surface area contributed by atoms with Crippen molar-refractivity contribution in [2.75, 3.05) is 12.4 Å². The van der Waals surface area contributed by atoms with Gasteiger partial charge in [-0.1, -0.05) is 12.1 Å². The highest BCUT2D eigenvalue weighted by molar-refractivity contribution is 5.87. The minimum atomic E-state index is -0.363. The largest absolute Gasteiger partial charge is 0.371 e. The van der Waals surface area contributed by atoms with Crippen LogP contribution in [-0.4, -0.2) is 31.6 Å². The van der Waals surface area contributed by atoms with Crippen molar-refractivity contribution in [1.82, 2.24) is 24.5 Å². The lowest BCUT2D eigenvalue weighted by Crippen LogP contribution is -2.06. The van der Waals surface area contributed by atoms with Crippen LogP contribution >= 0.6 is 0 Å². The number of imidazole rings is 1. The van der Waals surface area contributed by atoms with E-state index in [1.165, 1.54) is 24.5 Å². The maximum Gasteiger partial charge on any atom is 0.248 e. The topological polar surface area (TPSA) is 88.5 Å². The van der Waals surface area contributed by atoms with Gasteiger partial charge in [0.1, 0.15) is 18.0 Å². The Morgan fingerprint density at radius 3 is 2.80 bits per heavy atom. The van der Waals surface area contributed by atoms with Gasteiger partial charge in [-0.2, -0.15) is 0 Å². The molecule has 1 aromatic carbocycles. The van der Waals surface area contributed by atoms with E-state index in [2.05, 4.69) is 25.3 Å². The van der Waals surface area contributed by atoms with E-state index in [0.717, 1.165) is 0 Å². The summed E-state index contributed by atoms with van der Waals surface area (Å²) in [6.45, 7) is 0. The highest BCUT2D eigenvalue weighted by atomic mass is 19.1. The Bertz CT molecular complexity index is 1110. The van der Waals surface area contributed by atoms with Crippen LogP contribution in [-0.2, 0) is 0 Å². The average molecular weight is 336 g/mol. The fraction of sp³-hybridized carbons (Fsp3) is 0.0588. The number of fused-ring (bicyclic) bond motifs is 1. The number of aromatic amines is 1. The number of aromatic nitrogens is 5. The summed E-state index contributed by atoms with van der Waals surface area (Å²) in [5.41, 5.74) is 2.13. The van der Waals surface area contributed by atoms with Gasteiger partial charge in [-0.15, -0.1) is 0 Å². The van der Waals surface area contributed by atoms with E-state index in [4.69, 9.17) is 0 Å². The number of nitrogens with one attached hydrogen (secondary N) is 2. The molecule has 0 atom stereocenters. The Morgan fingerprint density at radius 1 is 1.20 bits per heavy atom. The quantitative estimate of drug-likeness (QED) is 0.599. The molecule has 0 aliphatic heterocycles. The number of halogens is 1. The molecule has 7 nitrogen and oxygen atoms in total. The fourth-order valence-electron chi connectivity index (χ4n) is 2.68. The van der Waals surface area contributed by atoms with E-state index in [1.54, 1.807) is 36.0 Å². The molecule has 0 saturated heterocycles. The van der Waals surface area contributed by atoms with Gasteiger partial charge in [0, 0.05) is 24.9 Å². The Hall–Kier alpha value is -3.55. The highest BCUT2D eigenvalue weighted by Crippen LogP contribution is 2.29. The van der Waals surface area contributed by atoms with Crippen molar-refractivity contribution in [1.29, 1.82) is 0 Å². The summed E-state index contributed by atoms with van der Waals surface area (Å²) in [7, 11) is 1.74. The van der Waals surface area contributed by atoms with Crippen molar-refractivity contribution in [3.63, 3.8) is 0 Å². The maximum atomic E-state index is 13.7. The molecule has 3 heterocycles. The number of benzene rings is 1. The first kappa shape index (κ1) is 15.0. The smallest absolute Gasteiger partial charge is 0.248 e. The normalized spacial score (nSPS) is 11.0. The SMILES string of the molecule is CNc1ncnc2c1nc(-c1cccc(F)c1)n2-c1ccc(=O)[nH]c1. The van der Waals surface area contributed by atoms with Crippen LogP contribution in [0.4, 0.5) is 10.2 Å². The standard InChI is InChI=1S/C17H13FN6O/c1-19-15-14-17(22-9-21-15)24(12-5-6-13(25)20-8-12)16(23-14)10-3-2-4-11(18)7-10/h2-9H,1H3,(H,20,25)(H,19,21,22). The molecule has 3 aromatic heterocycles. The minimum absolute atomic E-state index is 0.217. The van der Waals surface area contributed by atoms with E-state index in [0.29, 0.717) is 34.1 Å². The molecular weight excluding hydrogens is 323 g/mol. The zero-order valence-electron chi connectivity index (χ0n) is 13.2. The lowest BCUT2D eigenvalue weighted by atomic mass is 10.2. The second-order valence-electron chi connectivity index (χ2n) is 5.34. The number of H-pyrrole nitrogens is 1. The molecule has 2 N–H and O–H groups in total. The van der Waals surface area contributed by atoms with Crippen molar-refractivity contribution < 1.29 is 4.39 Å². The summed E-state index contributed by atoms with van der Waals surface area (Å²) in [5, 5.41) is 2.98. The average Bonchev–Trinajstić information content (AvgIpc) is 3.02. The Labute approximate surface area is 141 Å². The molecule has 0 amide bonds. The summed E-state index contributed by atoms with van der Waals surface area (Å²) in [5.74, 6) is 0.696. The number of anilines is 1. The Morgan fingerprint density at radius 2 is 2.08 bits per heavy atom.